The highest BCUT2D eigenvalue weighted by molar-refractivity contribution is 6.07. The van der Waals surface area contributed by atoms with Crippen molar-refractivity contribution in [3.05, 3.63) is 59.2 Å². The summed E-state index contributed by atoms with van der Waals surface area (Å²) in [7, 11) is 0. The molecule has 168 valence electrons. The number of fused-ring (bicyclic) bond motifs is 1. The molecule has 1 heterocycles. The van der Waals surface area contributed by atoms with Gasteiger partial charge in [-0.3, -0.25) is 9.59 Å². The summed E-state index contributed by atoms with van der Waals surface area (Å²) in [6.45, 7) is 6.68. The smallest absolute Gasteiger partial charge is 0.255 e. The summed E-state index contributed by atoms with van der Waals surface area (Å²) >= 11 is 0. The minimum Gasteiger partial charge on any atom is -0.326 e. The van der Waals surface area contributed by atoms with E-state index in [9.17, 15) is 27.2 Å². The largest absolute Gasteiger partial charge is 0.326 e. The zero-order valence-electron chi connectivity index (χ0n) is 17.8. The summed E-state index contributed by atoms with van der Waals surface area (Å²) in [5, 5.41) is 5.24. The monoisotopic (exact) mass is 438 g/mol. The molecule has 0 aromatic heterocycles. The van der Waals surface area contributed by atoms with Crippen LogP contribution in [0.25, 0.3) is 0 Å². The van der Waals surface area contributed by atoms with E-state index in [2.05, 4.69) is 17.2 Å². The second-order valence-corrected chi connectivity index (χ2v) is 7.81. The molecular weight excluding hydrogens is 412 g/mol. The van der Waals surface area contributed by atoms with Gasteiger partial charge in [-0.25, -0.2) is 17.6 Å². The number of alkyl halides is 4. The van der Waals surface area contributed by atoms with Crippen molar-refractivity contribution in [3.8, 4) is 0 Å². The fraction of sp³-hybridized carbons (Fsp3) is 0.391. The molecule has 2 amide bonds. The van der Waals surface area contributed by atoms with Crippen LogP contribution in [0.3, 0.4) is 0 Å². The normalized spacial score (nSPS) is 15.3. The van der Waals surface area contributed by atoms with Gasteiger partial charge in [-0.15, -0.1) is 0 Å². The molecule has 1 aromatic rings. The first-order valence-corrected chi connectivity index (χ1v) is 9.84. The third kappa shape index (κ3) is 7.08. The van der Waals surface area contributed by atoms with Gasteiger partial charge in [0.1, 0.15) is 0 Å². The van der Waals surface area contributed by atoms with E-state index in [1.807, 2.05) is 0 Å². The van der Waals surface area contributed by atoms with E-state index >= 15 is 0 Å². The van der Waals surface area contributed by atoms with E-state index in [1.165, 1.54) is 24.3 Å². The molecule has 0 atom stereocenters. The SMILES string of the molecule is C=C/C(CC(C)(F)F)=C(\C=C/C)C(=O)Nc1cc2c(c(CC(C)(F)F)c1)NC(=O)CC2. The molecule has 0 spiro atoms. The van der Waals surface area contributed by atoms with Crippen molar-refractivity contribution in [2.24, 2.45) is 0 Å². The van der Waals surface area contributed by atoms with E-state index in [4.69, 9.17) is 0 Å². The quantitative estimate of drug-likeness (QED) is 0.306. The van der Waals surface area contributed by atoms with Crippen LogP contribution in [0.4, 0.5) is 28.9 Å². The Balaban J connectivity index is 2.46. The maximum absolute atomic E-state index is 13.7. The van der Waals surface area contributed by atoms with Crippen LogP contribution >= 0.6 is 0 Å². The van der Waals surface area contributed by atoms with Gasteiger partial charge in [-0.05, 0) is 56.0 Å². The first kappa shape index (κ1) is 24.4. The number of amides is 2. The molecule has 2 rings (SSSR count). The van der Waals surface area contributed by atoms with E-state index in [0.717, 1.165) is 13.8 Å². The Morgan fingerprint density at radius 1 is 1.19 bits per heavy atom. The predicted octanol–water partition coefficient (Wildman–Crippen LogP) is 5.81. The Bertz CT molecular complexity index is 938. The second kappa shape index (κ2) is 9.49. The number of carbonyl (C=O) groups excluding carboxylic acids is 2. The average molecular weight is 438 g/mol. The highest BCUT2D eigenvalue weighted by Crippen LogP contribution is 2.34. The van der Waals surface area contributed by atoms with E-state index in [1.54, 1.807) is 13.0 Å². The number of allylic oxidation sites excluding steroid dienone is 3. The Morgan fingerprint density at radius 2 is 1.87 bits per heavy atom. The highest BCUT2D eigenvalue weighted by Gasteiger charge is 2.28. The zero-order chi connectivity index (χ0) is 23.4. The van der Waals surface area contributed by atoms with Crippen molar-refractivity contribution in [2.75, 3.05) is 10.6 Å². The number of rotatable bonds is 8. The van der Waals surface area contributed by atoms with Gasteiger partial charge in [0, 0.05) is 36.2 Å². The fourth-order valence-corrected chi connectivity index (χ4v) is 3.43. The molecule has 1 aromatic carbocycles. The minimum absolute atomic E-state index is 0.00687. The van der Waals surface area contributed by atoms with Crippen LogP contribution in [0.2, 0.25) is 0 Å². The third-order valence-electron chi connectivity index (χ3n) is 4.62. The summed E-state index contributed by atoms with van der Waals surface area (Å²) < 4.78 is 54.5. The number of nitrogens with one attached hydrogen (secondary N) is 2. The fourth-order valence-electron chi connectivity index (χ4n) is 3.43. The lowest BCUT2D eigenvalue weighted by molar-refractivity contribution is -0.116. The number of halogens is 4. The van der Waals surface area contributed by atoms with Crippen LogP contribution in [-0.4, -0.2) is 23.7 Å². The Hall–Kier alpha value is -2.90. The summed E-state index contributed by atoms with van der Waals surface area (Å²) in [4.78, 5) is 24.6. The molecule has 4 nitrogen and oxygen atoms in total. The standard InChI is InChI=1S/C23H26F4N2O2/c1-5-7-18(14(6-2)12-22(3,24)25)21(31)28-17-10-15-8-9-19(30)29-20(15)16(11-17)13-23(4,26)27/h5-7,10-11H,2,8-9,12-13H2,1,3-4H3,(H,28,31)(H,29,30)/b7-5-,18-14-. The summed E-state index contributed by atoms with van der Waals surface area (Å²) in [6.07, 6.45) is 3.38. The van der Waals surface area contributed by atoms with E-state index < -0.39 is 30.6 Å². The number of aryl methyl sites for hydroxylation is 1. The molecule has 2 N–H and O–H groups in total. The van der Waals surface area contributed by atoms with E-state index in [-0.39, 0.29) is 34.7 Å². The molecule has 0 bridgehead atoms. The zero-order valence-corrected chi connectivity index (χ0v) is 17.8. The van der Waals surface area contributed by atoms with Gasteiger partial charge in [0.2, 0.25) is 17.8 Å². The molecule has 1 aliphatic heterocycles. The molecule has 0 saturated carbocycles. The molecule has 0 aliphatic carbocycles. The number of carbonyl (C=O) groups is 2. The van der Waals surface area contributed by atoms with Crippen molar-refractivity contribution in [3.63, 3.8) is 0 Å². The van der Waals surface area contributed by atoms with Gasteiger partial charge in [0.15, 0.2) is 0 Å². The lowest BCUT2D eigenvalue weighted by Crippen LogP contribution is -2.24. The van der Waals surface area contributed by atoms with Crippen LogP contribution < -0.4 is 10.6 Å². The summed E-state index contributed by atoms with van der Waals surface area (Å²) in [6, 6.07) is 2.97. The number of hydrogen-bond acceptors (Lipinski definition) is 2. The number of anilines is 2. The van der Waals surface area contributed by atoms with Gasteiger partial charge < -0.3 is 10.6 Å². The minimum atomic E-state index is -3.04. The molecule has 31 heavy (non-hydrogen) atoms. The number of benzene rings is 1. The van der Waals surface area contributed by atoms with Crippen LogP contribution in [-0.2, 0) is 22.4 Å². The predicted molar refractivity (Wildman–Crippen MR) is 114 cm³/mol. The first-order valence-electron chi connectivity index (χ1n) is 9.84. The van der Waals surface area contributed by atoms with Crippen LogP contribution in [0, 0.1) is 0 Å². The topological polar surface area (TPSA) is 58.2 Å². The molecule has 8 heteroatoms. The molecule has 0 unspecified atom stereocenters. The molecule has 0 radical (unpaired) electrons. The van der Waals surface area contributed by atoms with Crippen molar-refractivity contribution in [2.45, 2.75) is 58.3 Å². The van der Waals surface area contributed by atoms with Gasteiger partial charge in [0.05, 0.1) is 0 Å². The molecule has 0 fully saturated rings. The van der Waals surface area contributed by atoms with Crippen molar-refractivity contribution in [1.29, 1.82) is 0 Å². The Morgan fingerprint density at radius 3 is 2.42 bits per heavy atom. The maximum Gasteiger partial charge on any atom is 0.255 e. The van der Waals surface area contributed by atoms with Crippen molar-refractivity contribution in [1.82, 2.24) is 0 Å². The summed E-state index contributed by atoms with van der Waals surface area (Å²) in [5.41, 5.74) is 1.46. The second-order valence-electron chi connectivity index (χ2n) is 7.81. The van der Waals surface area contributed by atoms with E-state index in [0.29, 0.717) is 17.7 Å². The Labute approximate surface area is 179 Å². The van der Waals surface area contributed by atoms with Gasteiger partial charge in [0.25, 0.3) is 5.91 Å². The van der Waals surface area contributed by atoms with Crippen LogP contribution in [0.1, 0.15) is 44.7 Å². The average Bonchev–Trinajstić information content (AvgIpc) is 2.63. The van der Waals surface area contributed by atoms with Crippen molar-refractivity contribution >= 4 is 23.2 Å². The summed E-state index contributed by atoms with van der Waals surface area (Å²) in [5.74, 6) is -7.00. The molecule has 1 aliphatic rings. The van der Waals surface area contributed by atoms with Crippen molar-refractivity contribution < 1.29 is 27.2 Å². The van der Waals surface area contributed by atoms with Gasteiger partial charge >= 0.3 is 0 Å². The maximum atomic E-state index is 13.7. The number of hydrogen-bond donors (Lipinski definition) is 2. The molecule has 0 saturated heterocycles. The van der Waals surface area contributed by atoms with Gasteiger partial charge in [-0.1, -0.05) is 24.8 Å². The lowest BCUT2D eigenvalue weighted by Gasteiger charge is -2.23. The molecular formula is C23H26F4N2O2. The van der Waals surface area contributed by atoms with Crippen LogP contribution in [0.15, 0.2) is 48.1 Å². The van der Waals surface area contributed by atoms with Crippen LogP contribution in [0.5, 0.6) is 0 Å². The third-order valence-corrected chi connectivity index (χ3v) is 4.62. The van der Waals surface area contributed by atoms with Gasteiger partial charge in [-0.2, -0.15) is 0 Å². The Kier molecular flexibility index (Phi) is 7.46. The first-order chi connectivity index (χ1) is 14.3. The lowest BCUT2D eigenvalue weighted by atomic mass is 9.94. The highest BCUT2D eigenvalue weighted by atomic mass is 19.3.